The van der Waals surface area contributed by atoms with Crippen molar-refractivity contribution in [3.63, 3.8) is 0 Å². The topological polar surface area (TPSA) is 38.3 Å². The van der Waals surface area contributed by atoms with Crippen LogP contribution in [0.3, 0.4) is 0 Å². The SMILES string of the molecule is CCOc1ccc(C(CC(=O)c2ccccc2)Nc2ccccc2)cc1. The van der Waals surface area contributed by atoms with Crippen molar-refractivity contribution in [1.82, 2.24) is 0 Å². The maximum atomic E-state index is 12.7. The highest BCUT2D eigenvalue weighted by molar-refractivity contribution is 5.96. The second-order valence-corrected chi connectivity index (χ2v) is 6.06. The first-order valence-electron chi connectivity index (χ1n) is 8.89. The quantitative estimate of drug-likeness (QED) is 0.547. The highest BCUT2D eigenvalue weighted by atomic mass is 16.5. The summed E-state index contributed by atoms with van der Waals surface area (Å²) in [5, 5.41) is 3.49. The van der Waals surface area contributed by atoms with Gasteiger partial charge < -0.3 is 10.1 Å². The van der Waals surface area contributed by atoms with E-state index in [2.05, 4.69) is 5.32 Å². The van der Waals surface area contributed by atoms with E-state index in [1.165, 1.54) is 0 Å². The summed E-state index contributed by atoms with van der Waals surface area (Å²) in [6.07, 6.45) is 0.382. The lowest BCUT2D eigenvalue weighted by atomic mass is 9.97. The van der Waals surface area contributed by atoms with Gasteiger partial charge in [0.1, 0.15) is 5.75 Å². The molecular formula is C23H23NO2. The van der Waals surface area contributed by atoms with Gasteiger partial charge in [0, 0.05) is 17.7 Å². The molecule has 3 aromatic carbocycles. The minimum atomic E-state index is -0.110. The van der Waals surface area contributed by atoms with Gasteiger partial charge >= 0.3 is 0 Å². The number of benzene rings is 3. The molecule has 0 bridgehead atoms. The van der Waals surface area contributed by atoms with Crippen LogP contribution in [-0.4, -0.2) is 12.4 Å². The van der Waals surface area contributed by atoms with Gasteiger partial charge in [0.15, 0.2) is 5.78 Å². The van der Waals surface area contributed by atoms with Crippen LogP contribution in [0, 0.1) is 0 Å². The first kappa shape index (κ1) is 17.7. The molecule has 0 aliphatic rings. The highest BCUT2D eigenvalue weighted by Crippen LogP contribution is 2.26. The lowest BCUT2D eigenvalue weighted by Gasteiger charge is -2.20. The van der Waals surface area contributed by atoms with Crippen molar-refractivity contribution in [2.24, 2.45) is 0 Å². The van der Waals surface area contributed by atoms with E-state index >= 15 is 0 Å². The first-order valence-corrected chi connectivity index (χ1v) is 8.89. The highest BCUT2D eigenvalue weighted by Gasteiger charge is 2.17. The molecule has 0 aliphatic carbocycles. The van der Waals surface area contributed by atoms with E-state index in [0.29, 0.717) is 13.0 Å². The summed E-state index contributed by atoms with van der Waals surface area (Å²) in [4.78, 5) is 12.7. The van der Waals surface area contributed by atoms with Crippen molar-refractivity contribution in [2.45, 2.75) is 19.4 Å². The summed E-state index contributed by atoms with van der Waals surface area (Å²) in [5.41, 5.74) is 2.78. The van der Waals surface area contributed by atoms with E-state index in [0.717, 1.165) is 22.6 Å². The van der Waals surface area contributed by atoms with Crippen LogP contribution in [0.4, 0.5) is 5.69 Å². The van der Waals surface area contributed by atoms with Gasteiger partial charge in [0.05, 0.1) is 12.6 Å². The molecule has 3 rings (SSSR count). The number of carbonyl (C=O) groups excluding carboxylic acids is 1. The van der Waals surface area contributed by atoms with Crippen LogP contribution in [0.15, 0.2) is 84.9 Å². The fourth-order valence-electron chi connectivity index (χ4n) is 2.88. The zero-order chi connectivity index (χ0) is 18.2. The summed E-state index contributed by atoms with van der Waals surface area (Å²) in [7, 11) is 0. The molecule has 132 valence electrons. The van der Waals surface area contributed by atoms with Gasteiger partial charge in [0.2, 0.25) is 0 Å². The molecule has 1 atom stereocenters. The number of anilines is 1. The van der Waals surface area contributed by atoms with Crippen molar-refractivity contribution in [3.8, 4) is 5.75 Å². The van der Waals surface area contributed by atoms with Crippen LogP contribution in [0.5, 0.6) is 5.75 Å². The Morgan fingerprint density at radius 3 is 2.12 bits per heavy atom. The third-order valence-electron chi connectivity index (χ3n) is 4.19. The van der Waals surface area contributed by atoms with Crippen LogP contribution in [0.2, 0.25) is 0 Å². The molecule has 3 nitrogen and oxygen atoms in total. The van der Waals surface area contributed by atoms with Crippen molar-refractivity contribution < 1.29 is 9.53 Å². The van der Waals surface area contributed by atoms with Gasteiger partial charge in [0.25, 0.3) is 0 Å². The van der Waals surface area contributed by atoms with E-state index in [1.54, 1.807) is 0 Å². The Hall–Kier alpha value is -3.07. The molecule has 3 heteroatoms. The predicted octanol–water partition coefficient (Wildman–Crippen LogP) is 5.51. The minimum Gasteiger partial charge on any atom is -0.494 e. The summed E-state index contributed by atoms with van der Waals surface area (Å²) in [6, 6.07) is 27.2. The van der Waals surface area contributed by atoms with Crippen LogP contribution in [0.25, 0.3) is 0 Å². The summed E-state index contributed by atoms with van der Waals surface area (Å²) in [5.74, 6) is 0.956. The van der Waals surface area contributed by atoms with Crippen molar-refractivity contribution in [3.05, 3.63) is 96.1 Å². The standard InChI is InChI=1S/C23H23NO2/c1-2-26-21-15-13-18(14-16-21)22(24-20-11-7-4-8-12-20)17-23(25)19-9-5-3-6-10-19/h3-16,22,24H,2,17H2,1H3. The second-order valence-electron chi connectivity index (χ2n) is 6.06. The minimum absolute atomic E-state index is 0.110. The number of ketones is 1. The number of hydrogen-bond acceptors (Lipinski definition) is 3. The summed E-state index contributed by atoms with van der Waals surface area (Å²) >= 11 is 0. The number of para-hydroxylation sites is 1. The third kappa shape index (κ3) is 4.73. The van der Waals surface area contributed by atoms with E-state index in [-0.39, 0.29) is 11.8 Å². The number of Topliss-reactive ketones (excluding diaryl/α,β-unsaturated/α-hetero) is 1. The zero-order valence-electron chi connectivity index (χ0n) is 14.9. The average Bonchev–Trinajstić information content (AvgIpc) is 2.70. The van der Waals surface area contributed by atoms with Gasteiger partial charge in [-0.15, -0.1) is 0 Å². The molecule has 0 saturated carbocycles. The van der Waals surface area contributed by atoms with Crippen molar-refractivity contribution in [2.75, 3.05) is 11.9 Å². The van der Waals surface area contributed by atoms with Gasteiger partial charge in [-0.2, -0.15) is 0 Å². The number of rotatable bonds is 8. The zero-order valence-corrected chi connectivity index (χ0v) is 14.9. The molecule has 0 aromatic heterocycles. The Labute approximate surface area is 154 Å². The molecule has 0 heterocycles. The fraction of sp³-hybridized carbons (Fsp3) is 0.174. The van der Waals surface area contributed by atoms with E-state index in [9.17, 15) is 4.79 Å². The lowest BCUT2D eigenvalue weighted by molar-refractivity contribution is 0.0976. The molecule has 0 amide bonds. The molecule has 0 aliphatic heterocycles. The second kappa shape index (κ2) is 8.86. The Morgan fingerprint density at radius 1 is 0.885 bits per heavy atom. The number of ether oxygens (including phenoxy) is 1. The van der Waals surface area contributed by atoms with E-state index < -0.39 is 0 Å². The van der Waals surface area contributed by atoms with Crippen LogP contribution in [0.1, 0.15) is 35.3 Å². The van der Waals surface area contributed by atoms with Gasteiger partial charge in [-0.25, -0.2) is 0 Å². The molecule has 0 spiro atoms. The Kier molecular flexibility index (Phi) is 6.05. The molecule has 1 unspecified atom stereocenters. The van der Waals surface area contributed by atoms with Crippen LogP contribution < -0.4 is 10.1 Å². The predicted molar refractivity (Wildman–Crippen MR) is 106 cm³/mol. The molecular weight excluding hydrogens is 322 g/mol. The maximum Gasteiger partial charge on any atom is 0.165 e. The largest absolute Gasteiger partial charge is 0.494 e. The normalized spacial score (nSPS) is 11.6. The van der Waals surface area contributed by atoms with Gasteiger partial charge in [-0.05, 0) is 36.8 Å². The molecule has 0 saturated heterocycles. The Bertz CT molecular complexity index is 814. The molecule has 26 heavy (non-hydrogen) atoms. The number of hydrogen-bond donors (Lipinski definition) is 1. The first-order chi connectivity index (χ1) is 12.8. The third-order valence-corrected chi connectivity index (χ3v) is 4.19. The maximum absolute atomic E-state index is 12.7. The molecule has 3 aromatic rings. The average molecular weight is 345 g/mol. The number of carbonyl (C=O) groups is 1. The van der Waals surface area contributed by atoms with E-state index in [1.807, 2.05) is 91.9 Å². The Morgan fingerprint density at radius 2 is 1.50 bits per heavy atom. The monoisotopic (exact) mass is 345 g/mol. The van der Waals surface area contributed by atoms with Crippen LogP contribution in [-0.2, 0) is 0 Å². The summed E-state index contributed by atoms with van der Waals surface area (Å²) in [6.45, 7) is 2.60. The van der Waals surface area contributed by atoms with Crippen LogP contribution >= 0.6 is 0 Å². The smallest absolute Gasteiger partial charge is 0.165 e. The number of nitrogens with one attached hydrogen (secondary N) is 1. The van der Waals surface area contributed by atoms with E-state index in [4.69, 9.17) is 4.74 Å². The van der Waals surface area contributed by atoms with Crippen molar-refractivity contribution in [1.29, 1.82) is 0 Å². The van der Waals surface area contributed by atoms with Gasteiger partial charge in [-0.1, -0.05) is 60.7 Å². The molecule has 0 fully saturated rings. The molecule has 0 radical (unpaired) electrons. The lowest BCUT2D eigenvalue weighted by Crippen LogP contribution is -2.15. The van der Waals surface area contributed by atoms with Gasteiger partial charge in [-0.3, -0.25) is 4.79 Å². The molecule has 1 N–H and O–H groups in total. The fourth-order valence-corrected chi connectivity index (χ4v) is 2.88. The summed E-state index contributed by atoms with van der Waals surface area (Å²) < 4.78 is 5.52. The Balaban J connectivity index is 1.82. The van der Waals surface area contributed by atoms with Crippen molar-refractivity contribution >= 4 is 11.5 Å².